The normalized spacial score (nSPS) is 11.4. The molecule has 0 aliphatic rings. The Morgan fingerprint density at radius 3 is 2.48 bits per heavy atom. The van der Waals surface area contributed by atoms with Gasteiger partial charge in [0.1, 0.15) is 22.1 Å². The molecular weight excluding hydrogens is 302 g/mol. The minimum Gasteiger partial charge on any atom is -0.508 e. The Hall–Kier alpha value is -2.35. The summed E-state index contributed by atoms with van der Waals surface area (Å²) in [7, 11) is -3.09. The van der Waals surface area contributed by atoms with Gasteiger partial charge in [-0.3, -0.25) is 4.31 Å². The van der Waals surface area contributed by atoms with Crippen LogP contribution in [0.4, 0.5) is 20.2 Å². The lowest BCUT2D eigenvalue weighted by Crippen LogP contribution is -2.27. The number of nitrogens with two attached hydrogens (primary N) is 1. The van der Waals surface area contributed by atoms with Crippen LogP contribution in [-0.4, -0.2) is 20.6 Å². The summed E-state index contributed by atoms with van der Waals surface area (Å²) in [5.74, 6) is -2.53. The van der Waals surface area contributed by atoms with Crippen LogP contribution in [0.1, 0.15) is 0 Å². The molecule has 2 rings (SSSR count). The first-order valence-electron chi connectivity index (χ1n) is 5.76. The lowest BCUT2D eigenvalue weighted by atomic mass is 10.3. The van der Waals surface area contributed by atoms with E-state index < -0.39 is 32.2 Å². The molecule has 0 amide bonds. The molecule has 2 aromatic carbocycles. The van der Waals surface area contributed by atoms with Crippen LogP contribution in [0.15, 0.2) is 41.3 Å². The highest BCUT2D eigenvalue weighted by Crippen LogP contribution is 2.29. The maximum Gasteiger partial charge on any atom is 0.267 e. The number of nitrogen functional groups attached to an aromatic ring is 1. The summed E-state index contributed by atoms with van der Waals surface area (Å²) in [6.07, 6.45) is 0. The SMILES string of the molecule is CN(c1cccc(O)c1)S(=O)(=O)c1ccc(F)c(N)c1F. The first-order valence-corrected chi connectivity index (χ1v) is 7.20. The Kier molecular flexibility index (Phi) is 3.73. The van der Waals surface area contributed by atoms with E-state index in [2.05, 4.69) is 0 Å². The van der Waals surface area contributed by atoms with Crippen molar-refractivity contribution in [2.75, 3.05) is 17.1 Å². The molecule has 0 saturated carbocycles. The summed E-state index contributed by atoms with van der Waals surface area (Å²) in [5.41, 5.74) is 4.43. The van der Waals surface area contributed by atoms with Gasteiger partial charge in [0.15, 0.2) is 5.82 Å². The molecule has 0 heterocycles. The van der Waals surface area contributed by atoms with Crippen LogP contribution in [0.25, 0.3) is 0 Å². The Morgan fingerprint density at radius 1 is 1.19 bits per heavy atom. The molecule has 0 bridgehead atoms. The molecule has 3 N–H and O–H groups in total. The Labute approximate surface area is 120 Å². The first kappa shape index (κ1) is 15.0. The van der Waals surface area contributed by atoms with E-state index in [9.17, 15) is 22.3 Å². The molecule has 0 saturated heterocycles. The molecule has 8 heteroatoms. The number of aromatic hydroxyl groups is 1. The van der Waals surface area contributed by atoms with Gasteiger partial charge in [0.25, 0.3) is 10.0 Å². The zero-order valence-electron chi connectivity index (χ0n) is 10.9. The molecule has 0 atom stereocenters. The summed E-state index contributed by atoms with van der Waals surface area (Å²) in [4.78, 5) is -0.743. The molecule has 21 heavy (non-hydrogen) atoms. The van der Waals surface area contributed by atoms with Crippen LogP contribution < -0.4 is 10.0 Å². The number of phenolic OH excluding ortho intramolecular Hbond substituents is 1. The number of sulfonamides is 1. The zero-order chi connectivity index (χ0) is 15.8. The third-order valence-corrected chi connectivity index (χ3v) is 4.73. The van der Waals surface area contributed by atoms with E-state index in [4.69, 9.17) is 5.73 Å². The summed E-state index contributed by atoms with van der Waals surface area (Å²) >= 11 is 0. The predicted octanol–water partition coefficient (Wildman–Crippen LogP) is 2.08. The Bertz CT molecular complexity index is 794. The number of halogens is 2. The molecule has 0 radical (unpaired) electrons. The van der Waals surface area contributed by atoms with E-state index in [-0.39, 0.29) is 11.4 Å². The minimum atomic E-state index is -4.28. The largest absolute Gasteiger partial charge is 0.508 e. The molecule has 0 unspecified atom stereocenters. The summed E-state index contributed by atoms with van der Waals surface area (Å²) < 4.78 is 52.5. The van der Waals surface area contributed by atoms with E-state index in [1.165, 1.54) is 31.3 Å². The standard InChI is InChI=1S/C13H12F2N2O3S/c1-17(8-3-2-4-9(18)7-8)21(19,20)11-6-5-10(14)13(16)12(11)15/h2-7,18H,16H2,1H3. The van der Waals surface area contributed by atoms with Gasteiger partial charge >= 0.3 is 0 Å². The van der Waals surface area contributed by atoms with E-state index in [0.29, 0.717) is 0 Å². The molecular formula is C13H12F2N2O3S. The third kappa shape index (κ3) is 2.62. The van der Waals surface area contributed by atoms with Crippen molar-refractivity contribution in [1.82, 2.24) is 0 Å². The summed E-state index contributed by atoms with van der Waals surface area (Å²) in [6.45, 7) is 0. The Balaban J connectivity index is 2.55. The van der Waals surface area contributed by atoms with Gasteiger partial charge in [0.2, 0.25) is 0 Å². The quantitative estimate of drug-likeness (QED) is 0.850. The van der Waals surface area contributed by atoms with Crippen molar-refractivity contribution >= 4 is 21.4 Å². The van der Waals surface area contributed by atoms with Gasteiger partial charge in [-0.2, -0.15) is 0 Å². The maximum absolute atomic E-state index is 13.9. The van der Waals surface area contributed by atoms with E-state index in [1.807, 2.05) is 0 Å². The van der Waals surface area contributed by atoms with Crippen LogP contribution in [0.2, 0.25) is 0 Å². The number of hydrogen-bond donors (Lipinski definition) is 2. The molecule has 2 aromatic rings. The summed E-state index contributed by atoms with van der Waals surface area (Å²) in [5, 5.41) is 9.37. The molecule has 5 nitrogen and oxygen atoms in total. The van der Waals surface area contributed by atoms with Gasteiger partial charge in [-0.25, -0.2) is 17.2 Å². The third-order valence-electron chi connectivity index (χ3n) is 2.92. The highest BCUT2D eigenvalue weighted by atomic mass is 32.2. The fourth-order valence-electron chi connectivity index (χ4n) is 1.72. The predicted molar refractivity (Wildman–Crippen MR) is 74.5 cm³/mol. The maximum atomic E-state index is 13.9. The number of phenols is 1. The van der Waals surface area contributed by atoms with Crippen LogP contribution in [0.3, 0.4) is 0 Å². The number of nitrogens with zero attached hydrogens (tertiary/aromatic N) is 1. The minimum absolute atomic E-state index is 0.122. The van der Waals surface area contributed by atoms with Gasteiger partial charge < -0.3 is 10.8 Å². The highest BCUT2D eigenvalue weighted by molar-refractivity contribution is 7.92. The smallest absolute Gasteiger partial charge is 0.267 e. The topological polar surface area (TPSA) is 83.6 Å². The second-order valence-corrected chi connectivity index (χ2v) is 6.20. The lowest BCUT2D eigenvalue weighted by molar-refractivity contribution is 0.475. The van der Waals surface area contributed by atoms with Crippen LogP contribution in [-0.2, 0) is 10.0 Å². The van der Waals surface area contributed by atoms with Gasteiger partial charge in [0, 0.05) is 13.1 Å². The Morgan fingerprint density at radius 2 is 1.86 bits per heavy atom. The molecule has 112 valence electrons. The van der Waals surface area contributed by atoms with Crippen LogP contribution in [0, 0.1) is 11.6 Å². The van der Waals surface area contributed by atoms with E-state index in [1.54, 1.807) is 0 Å². The van der Waals surface area contributed by atoms with Crippen molar-refractivity contribution in [3.05, 3.63) is 48.0 Å². The van der Waals surface area contributed by atoms with E-state index in [0.717, 1.165) is 16.4 Å². The number of benzene rings is 2. The van der Waals surface area contributed by atoms with Crippen molar-refractivity contribution in [1.29, 1.82) is 0 Å². The van der Waals surface area contributed by atoms with Gasteiger partial charge in [-0.1, -0.05) is 6.07 Å². The van der Waals surface area contributed by atoms with Crippen molar-refractivity contribution in [2.45, 2.75) is 4.90 Å². The second kappa shape index (κ2) is 5.21. The fraction of sp³-hybridized carbons (Fsp3) is 0.0769. The van der Waals surface area contributed by atoms with Crippen LogP contribution >= 0.6 is 0 Å². The van der Waals surface area contributed by atoms with Gasteiger partial charge in [-0.05, 0) is 24.3 Å². The van der Waals surface area contributed by atoms with Crippen molar-refractivity contribution in [3.8, 4) is 5.75 Å². The lowest BCUT2D eigenvalue weighted by Gasteiger charge is -2.20. The zero-order valence-corrected chi connectivity index (χ0v) is 11.7. The molecule has 0 spiro atoms. The van der Waals surface area contributed by atoms with Crippen molar-refractivity contribution < 1.29 is 22.3 Å². The van der Waals surface area contributed by atoms with E-state index >= 15 is 0 Å². The van der Waals surface area contributed by atoms with Crippen LogP contribution in [0.5, 0.6) is 5.75 Å². The summed E-state index contributed by atoms with van der Waals surface area (Å²) in [6, 6.07) is 6.99. The molecule has 0 fully saturated rings. The molecule has 0 aliphatic heterocycles. The number of hydrogen-bond acceptors (Lipinski definition) is 4. The van der Waals surface area contributed by atoms with Gasteiger partial charge in [0.05, 0.1) is 5.69 Å². The second-order valence-electron chi connectivity index (χ2n) is 4.27. The average Bonchev–Trinajstić information content (AvgIpc) is 2.43. The average molecular weight is 314 g/mol. The highest BCUT2D eigenvalue weighted by Gasteiger charge is 2.27. The molecule has 0 aromatic heterocycles. The number of anilines is 2. The van der Waals surface area contributed by atoms with Crippen molar-refractivity contribution in [2.24, 2.45) is 0 Å². The fourth-order valence-corrected chi connectivity index (χ4v) is 2.99. The number of rotatable bonds is 3. The van der Waals surface area contributed by atoms with Gasteiger partial charge in [-0.15, -0.1) is 0 Å². The molecule has 0 aliphatic carbocycles. The monoisotopic (exact) mass is 314 g/mol. The first-order chi connectivity index (χ1) is 9.75. The van der Waals surface area contributed by atoms with Crippen molar-refractivity contribution in [3.63, 3.8) is 0 Å².